The molecule has 0 radical (unpaired) electrons. The predicted molar refractivity (Wildman–Crippen MR) is 99.5 cm³/mol. The Morgan fingerprint density at radius 2 is 2.00 bits per heavy atom. The van der Waals surface area contributed by atoms with E-state index in [0.29, 0.717) is 22.5 Å². The van der Waals surface area contributed by atoms with Crippen LogP contribution in [0.15, 0.2) is 39.3 Å². The normalized spacial score (nSPS) is 11.7. The summed E-state index contributed by atoms with van der Waals surface area (Å²) in [5.74, 6) is -0.426. The van der Waals surface area contributed by atoms with Crippen molar-refractivity contribution >= 4 is 34.7 Å². The highest BCUT2D eigenvalue weighted by molar-refractivity contribution is 7.71. The molecule has 0 saturated heterocycles. The molecule has 0 aliphatic heterocycles. The van der Waals surface area contributed by atoms with Crippen LogP contribution in [0.5, 0.6) is 5.88 Å². The lowest BCUT2D eigenvalue weighted by molar-refractivity contribution is -0.117. The van der Waals surface area contributed by atoms with Gasteiger partial charge in [-0.25, -0.2) is 0 Å². The fraction of sp³-hybridized carbons (Fsp3) is 0.235. The molecular formula is C17H17N5O3S. The quantitative estimate of drug-likeness (QED) is 0.413. The van der Waals surface area contributed by atoms with E-state index in [2.05, 4.69) is 39.0 Å². The number of hydrogen-bond acceptors (Lipinski definition) is 5. The van der Waals surface area contributed by atoms with Crippen LogP contribution in [0.3, 0.4) is 0 Å². The predicted octanol–water partition coefficient (Wildman–Crippen LogP) is 3.60. The molecule has 1 aromatic carbocycles. The molecule has 0 atom stereocenters. The number of fused-ring (bicyclic) bond motifs is 1. The van der Waals surface area contributed by atoms with Crippen LogP contribution in [-0.2, 0) is 11.2 Å². The van der Waals surface area contributed by atoms with Crippen LogP contribution in [0.1, 0.15) is 31.0 Å². The van der Waals surface area contributed by atoms with E-state index in [9.17, 15) is 14.7 Å². The number of nitrogens with zero attached hydrogens (tertiary/aromatic N) is 2. The van der Waals surface area contributed by atoms with Gasteiger partial charge >= 0.3 is 0 Å². The lowest BCUT2D eigenvalue weighted by atomic mass is 10.0. The van der Waals surface area contributed by atoms with E-state index >= 15 is 0 Å². The summed E-state index contributed by atoms with van der Waals surface area (Å²) in [7, 11) is 0. The maximum absolute atomic E-state index is 12.0. The van der Waals surface area contributed by atoms with Crippen LogP contribution in [0.25, 0.3) is 10.9 Å². The van der Waals surface area contributed by atoms with Gasteiger partial charge in [-0.1, -0.05) is 19.9 Å². The molecular weight excluding hydrogens is 354 g/mol. The van der Waals surface area contributed by atoms with Crippen molar-refractivity contribution in [2.45, 2.75) is 26.2 Å². The maximum atomic E-state index is 12.0. The maximum Gasteiger partial charge on any atom is 0.270 e. The van der Waals surface area contributed by atoms with Crippen LogP contribution < -0.4 is 5.56 Å². The minimum Gasteiger partial charge on any atom is -0.493 e. The second-order valence-electron chi connectivity index (χ2n) is 6.17. The van der Waals surface area contributed by atoms with Crippen LogP contribution in [0, 0.1) is 4.77 Å². The van der Waals surface area contributed by atoms with Crippen molar-refractivity contribution in [1.29, 1.82) is 0 Å². The minimum atomic E-state index is -0.574. The van der Waals surface area contributed by atoms with Crippen molar-refractivity contribution in [2.75, 3.05) is 0 Å². The number of aromatic hydroxyl groups is 1. The number of benzene rings is 1. The highest BCUT2D eigenvalue weighted by atomic mass is 32.1. The average molecular weight is 371 g/mol. The first-order valence-electron chi connectivity index (χ1n) is 7.95. The summed E-state index contributed by atoms with van der Waals surface area (Å²) in [6.45, 7) is 4.12. The lowest BCUT2D eigenvalue weighted by Gasteiger charge is -2.04. The zero-order valence-corrected chi connectivity index (χ0v) is 15.0. The molecule has 2 aromatic heterocycles. The molecule has 0 spiro atoms. The standard InChI is InChI=1S/C17H17N5O3S/c1-8(2)9-3-4-12-11(5-9)15(16(25)19-12)22-21-14(24)7-10-6-13(23)20-17(26)18-10/h3-6,8,19,25H,7H2,1-2H3,(H2,18,20,23,26). The molecule has 9 heteroatoms. The number of azo groups is 1. The summed E-state index contributed by atoms with van der Waals surface area (Å²) in [6, 6.07) is 6.95. The Labute approximate surface area is 153 Å². The number of H-pyrrole nitrogens is 3. The fourth-order valence-electron chi connectivity index (χ4n) is 2.56. The average Bonchev–Trinajstić information content (AvgIpc) is 2.86. The fourth-order valence-corrected chi connectivity index (χ4v) is 2.79. The van der Waals surface area contributed by atoms with E-state index in [1.807, 2.05) is 18.2 Å². The molecule has 0 aliphatic carbocycles. The van der Waals surface area contributed by atoms with Crippen molar-refractivity contribution in [3.05, 3.63) is 50.6 Å². The van der Waals surface area contributed by atoms with Crippen molar-refractivity contribution < 1.29 is 9.90 Å². The van der Waals surface area contributed by atoms with Gasteiger partial charge in [0.15, 0.2) is 10.5 Å². The second kappa shape index (κ2) is 7.04. The van der Waals surface area contributed by atoms with E-state index in [1.54, 1.807) is 0 Å². The van der Waals surface area contributed by atoms with Gasteiger partial charge in [0.1, 0.15) is 0 Å². The Morgan fingerprint density at radius 1 is 1.23 bits per heavy atom. The van der Waals surface area contributed by atoms with E-state index in [1.165, 1.54) is 6.07 Å². The Kier molecular flexibility index (Phi) is 4.81. The Morgan fingerprint density at radius 3 is 2.69 bits per heavy atom. The third kappa shape index (κ3) is 3.77. The SMILES string of the molecule is CC(C)c1ccc2[nH]c(O)c(N=NC(=O)Cc3cc(=O)[nH]c(=S)[nH]3)c2c1. The summed E-state index contributed by atoms with van der Waals surface area (Å²) in [6.07, 6.45) is -0.155. The molecule has 2 heterocycles. The zero-order valence-electron chi connectivity index (χ0n) is 14.2. The van der Waals surface area contributed by atoms with E-state index in [4.69, 9.17) is 12.2 Å². The molecule has 0 aliphatic rings. The molecule has 0 saturated carbocycles. The molecule has 3 aromatic rings. The lowest BCUT2D eigenvalue weighted by Crippen LogP contribution is -2.10. The number of aromatic nitrogens is 3. The van der Waals surface area contributed by atoms with Crippen molar-refractivity contribution in [3.63, 3.8) is 0 Å². The molecule has 26 heavy (non-hydrogen) atoms. The zero-order chi connectivity index (χ0) is 18.8. The van der Waals surface area contributed by atoms with Gasteiger partial charge in [0.05, 0.1) is 11.9 Å². The Hall–Kier alpha value is -3.07. The third-order valence-corrected chi connectivity index (χ3v) is 4.07. The topological polar surface area (TPSA) is 126 Å². The van der Waals surface area contributed by atoms with Gasteiger partial charge in [0, 0.05) is 17.1 Å². The summed E-state index contributed by atoms with van der Waals surface area (Å²) >= 11 is 4.86. The molecule has 0 unspecified atom stereocenters. The number of aromatic amines is 3. The molecule has 134 valence electrons. The summed E-state index contributed by atoms with van der Waals surface area (Å²) < 4.78 is 0.132. The first-order chi connectivity index (χ1) is 12.3. The summed E-state index contributed by atoms with van der Waals surface area (Å²) in [5.41, 5.74) is 1.92. The number of rotatable bonds is 4. The van der Waals surface area contributed by atoms with Gasteiger partial charge < -0.3 is 15.1 Å². The van der Waals surface area contributed by atoms with Gasteiger partial charge in [-0.3, -0.25) is 14.6 Å². The first kappa shape index (κ1) is 17.7. The third-order valence-electron chi connectivity index (χ3n) is 3.86. The number of carbonyl (C=O) groups excluding carboxylic acids is 1. The van der Waals surface area contributed by atoms with Crippen molar-refractivity contribution in [2.24, 2.45) is 10.2 Å². The number of carbonyl (C=O) groups is 1. The molecule has 8 nitrogen and oxygen atoms in total. The molecule has 1 amide bonds. The Balaban J connectivity index is 1.88. The largest absolute Gasteiger partial charge is 0.493 e. The highest BCUT2D eigenvalue weighted by Gasteiger charge is 2.13. The van der Waals surface area contributed by atoms with Crippen molar-refractivity contribution in [3.8, 4) is 5.88 Å². The van der Waals surface area contributed by atoms with E-state index < -0.39 is 11.5 Å². The van der Waals surface area contributed by atoms with Crippen molar-refractivity contribution in [1.82, 2.24) is 15.0 Å². The van der Waals surface area contributed by atoms with Gasteiger partial charge in [-0.2, -0.15) is 0 Å². The molecule has 3 rings (SSSR count). The van der Waals surface area contributed by atoms with Crippen LogP contribution in [0.4, 0.5) is 5.69 Å². The van der Waals surface area contributed by atoms with Gasteiger partial charge in [0.2, 0.25) is 5.88 Å². The highest BCUT2D eigenvalue weighted by Crippen LogP contribution is 2.36. The monoisotopic (exact) mass is 371 g/mol. The van der Waals surface area contributed by atoms with E-state index in [0.717, 1.165) is 5.56 Å². The number of hydrogen-bond donors (Lipinski definition) is 4. The van der Waals surface area contributed by atoms with E-state index in [-0.39, 0.29) is 22.8 Å². The van der Waals surface area contributed by atoms with Crippen LogP contribution in [0.2, 0.25) is 0 Å². The molecule has 4 N–H and O–H groups in total. The number of nitrogens with one attached hydrogen (secondary N) is 3. The van der Waals surface area contributed by atoms with Crippen LogP contribution >= 0.6 is 12.2 Å². The first-order valence-corrected chi connectivity index (χ1v) is 8.36. The Bertz CT molecular complexity index is 1100. The second-order valence-corrected chi connectivity index (χ2v) is 6.57. The van der Waals surface area contributed by atoms with Gasteiger partial charge in [-0.05, 0) is 35.8 Å². The summed E-state index contributed by atoms with van der Waals surface area (Å²) in [5, 5.41) is 18.3. The van der Waals surface area contributed by atoms with Gasteiger partial charge in [-0.15, -0.1) is 10.2 Å². The molecule has 0 bridgehead atoms. The minimum absolute atomic E-state index is 0.132. The van der Waals surface area contributed by atoms with Crippen LogP contribution in [-0.4, -0.2) is 26.0 Å². The van der Waals surface area contributed by atoms with Gasteiger partial charge in [0.25, 0.3) is 11.5 Å². The summed E-state index contributed by atoms with van der Waals surface area (Å²) in [4.78, 5) is 31.3. The smallest absolute Gasteiger partial charge is 0.270 e. The number of amides is 1. The molecule has 0 fully saturated rings.